The summed E-state index contributed by atoms with van der Waals surface area (Å²) < 4.78 is 2.15. The van der Waals surface area contributed by atoms with Crippen molar-refractivity contribution in [3.05, 3.63) is 292 Å². The second-order valence-electron chi connectivity index (χ2n) is 19.2. The Morgan fingerprint density at radius 1 is 0.346 bits per heavy atom. The summed E-state index contributed by atoms with van der Waals surface area (Å²) >= 11 is 0. The van der Waals surface area contributed by atoms with Crippen LogP contribution in [0.25, 0.3) is 140 Å². The molecule has 81 heavy (non-hydrogen) atoms. The van der Waals surface area contributed by atoms with Gasteiger partial charge in [-0.25, -0.2) is 17.7 Å². The molecule has 0 amide bonds. The van der Waals surface area contributed by atoms with Crippen LogP contribution in [-0.2, 0) is 41.2 Å². The Labute approximate surface area is 498 Å². The van der Waals surface area contributed by atoms with Gasteiger partial charge in [0.2, 0.25) is 0 Å². The average molecular weight is 1390 g/mol. The van der Waals surface area contributed by atoms with Crippen LogP contribution < -0.4 is 0 Å². The van der Waals surface area contributed by atoms with Crippen molar-refractivity contribution in [1.82, 2.24) is 29.5 Å². The van der Waals surface area contributed by atoms with Gasteiger partial charge in [0.05, 0.1) is 5.52 Å². The second kappa shape index (κ2) is 23.2. The monoisotopic (exact) mass is 1390 g/mol. The zero-order chi connectivity index (χ0) is 52.5. The maximum Gasteiger partial charge on any atom is 3.00 e. The Bertz CT molecular complexity index is 4370. The van der Waals surface area contributed by atoms with E-state index in [-0.39, 0.29) is 41.2 Å². The molecule has 0 aliphatic heterocycles. The molecule has 0 saturated carbocycles. The molecule has 0 unspecified atom stereocenters. The van der Waals surface area contributed by atoms with Crippen LogP contribution in [0.4, 0.5) is 0 Å². The molecule has 8 heteroatoms. The number of benzene rings is 9. The molecule has 0 fully saturated rings. The van der Waals surface area contributed by atoms with E-state index in [4.69, 9.17) is 9.97 Å². The molecule has 0 N–H and O–H groups in total. The number of para-hydroxylation sites is 1. The van der Waals surface area contributed by atoms with Crippen LogP contribution in [0.2, 0.25) is 0 Å². The van der Waals surface area contributed by atoms with Crippen molar-refractivity contribution in [2.45, 2.75) is 0 Å². The number of hydrogen-bond donors (Lipinski definition) is 0. The van der Waals surface area contributed by atoms with Crippen molar-refractivity contribution < 1.29 is 41.2 Å². The Hall–Kier alpha value is -9.35. The fourth-order valence-electron chi connectivity index (χ4n) is 10.6. The minimum absolute atomic E-state index is 0. The molecule has 384 valence electrons. The van der Waals surface area contributed by atoms with Crippen molar-refractivity contribution in [3.63, 3.8) is 0 Å². The zero-order valence-electron chi connectivity index (χ0n) is 43.2. The number of aromatic nitrogens is 6. The standard InChI is InChI=1S/C73H43N6.Ir.Pt/c1-4-21-63(60(18-1)49-29-35-52(36-30-49)68-25-9-12-41-74-68)56-44-57(64-22-5-2-19-61(64)50-31-37-53(38-32-50)69-26-10-13-42-75-69)46-58(45-56)65-23-6-3-20-62(65)51-33-39-54(40-34-51)72-77-48-67-66-24-7-8-28-71(66)79(73(67)78-72)59-17-15-16-55(47-59)70-27-11-14-43-76-70;;/h1-35,37,41-46,48H;;/q-5;+3;+2. The molecule has 6 nitrogen and oxygen atoms in total. The van der Waals surface area contributed by atoms with Crippen LogP contribution in [0.5, 0.6) is 0 Å². The van der Waals surface area contributed by atoms with Gasteiger partial charge in [0.15, 0.2) is 0 Å². The minimum atomic E-state index is 0. The molecule has 0 spiro atoms. The first-order valence-electron chi connectivity index (χ1n) is 26.1. The number of fused-ring (bicyclic) bond motifs is 3. The van der Waals surface area contributed by atoms with Crippen molar-refractivity contribution in [3.8, 4) is 118 Å². The van der Waals surface area contributed by atoms with Crippen LogP contribution in [0, 0.1) is 30.3 Å². The Kier molecular flexibility index (Phi) is 15.0. The topological polar surface area (TPSA) is 69.4 Å². The van der Waals surface area contributed by atoms with Gasteiger partial charge in [0, 0.05) is 35.6 Å². The van der Waals surface area contributed by atoms with Crippen molar-refractivity contribution in [1.29, 1.82) is 0 Å². The largest absolute Gasteiger partial charge is 3.00 e. The normalized spacial score (nSPS) is 11.0. The summed E-state index contributed by atoms with van der Waals surface area (Å²) in [6, 6.07) is 99.6. The molecular formula is C73H43IrN6Pt. The third kappa shape index (κ3) is 10.3. The third-order valence-corrected chi connectivity index (χ3v) is 14.4. The molecule has 9 aromatic carbocycles. The van der Waals surface area contributed by atoms with Crippen LogP contribution in [0.15, 0.2) is 261 Å². The van der Waals surface area contributed by atoms with E-state index in [9.17, 15) is 0 Å². The Morgan fingerprint density at radius 2 is 0.790 bits per heavy atom. The van der Waals surface area contributed by atoms with Crippen LogP contribution in [-0.4, -0.2) is 29.5 Å². The molecular weight excluding hydrogens is 1350 g/mol. The molecule has 0 atom stereocenters. The Balaban J connectivity index is 0.00000326. The van der Waals surface area contributed by atoms with Gasteiger partial charge in [-0.15, -0.1) is 89.5 Å². The van der Waals surface area contributed by atoms with E-state index in [0.717, 1.165) is 128 Å². The fraction of sp³-hybridized carbons (Fsp3) is 0. The minimum Gasteiger partial charge on any atom is -0.332 e. The molecule has 0 aliphatic carbocycles. The van der Waals surface area contributed by atoms with Crippen LogP contribution >= 0.6 is 0 Å². The van der Waals surface area contributed by atoms with E-state index in [0.29, 0.717) is 11.4 Å². The van der Waals surface area contributed by atoms with E-state index in [1.165, 1.54) is 0 Å². The van der Waals surface area contributed by atoms with Crippen molar-refractivity contribution in [2.24, 2.45) is 0 Å². The van der Waals surface area contributed by atoms with Gasteiger partial charge in [-0.3, -0.25) is 12.1 Å². The summed E-state index contributed by atoms with van der Waals surface area (Å²) in [5.41, 5.74) is 21.6. The van der Waals surface area contributed by atoms with Gasteiger partial charge in [-0.2, -0.15) is 5.56 Å². The van der Waals surface area contributed by atoms with E-state index in [1.54, 1.807) is 6.20 Å². The van der Waals surface area contributed by atoms with Gasteiger partial charge in [0.25, 0.3) is 0 Å². The molecule has 0 saturated heterocycles. The zero-order valence-corrected chi connectivity index (χ0v) is 47.8. The molecule has 0 aliphatic rings. The quantitative estimate of drug-likeness (QED) is 0.121. The summed E-state index contributed by atoms with van der Waals surface area (Å²) in [4.78, 5) is 23.9. The first-order chi connectivity index (χ1) is 39.2. The van der Waals surface area contributed by atoms with Gasteiger partial charge < -0.3 is 29.5 Å². The van der Waals surface area contributed by atoms with Crippen LogP contribution in [0.1, 0.15) is 0 Å². The SMILES string of the molecule is [Ir+3].[Pt+2].[c-]1cc(-c2ccccc2-c2cc(-c3ccccc3-c3c[c-]c(-c4ccccn4)cc3)cc(-c3ccccc3-c3c[c-]c(-c4ccccn4)cc3)c2)c[c-]c1-c1ncc2c3ccccc3n(-c3[c-]c(-c4ccccn4)ccc3)c2n1. The molecule has 14 rings (SSSR count). The number of rotatable bonds is 11. The summed E-state index contributed by atoms with van der Waals surface area (Å²) in [7, 11) is 0. The van der Waals surface area contributed by atoms with Gasteiger partial charge >= 0.3 is 41.2 Å². The van der Waals surface area contributed by atoms with Gasteiger partial charge in [-0.1, -0.05) is 155 Å². The van der Waals surface area contributed by atoms with Gasteiger partial charge in [0.1, 0.15) is 5.65 Å². The second-order valence-corrected chi connectivity index (χ2v) is 19.2. The smallest absolute Gasteiger partial charge is 0.332 e. The predicted octanol–water partition coefficient (Wildman–Crippen LogP) is 17.4. The summed E-state index contributed by atoms with van der Waals surface area (Å²) in [6.07, 6.45) is 7.35. The van der Waals surface area contributed by atoms with E-state index >= 15 is 0 Å². The summed E-state index contributed by atoms with van der Waals surface area (Å²) in [5.74, 6) is 0.528. The molecule has 14 aromatic rings. The third-order valence-electron chi connectivity index (χ3n) is 14.4. The molecule has 0 bridgehead atoms. The van der Waals surface area contributed by atoms with E-state index in [1.807, 2.05) is 110 Å². The predicted molar refractivity (Wildman–Crippen MR) is 318 cm³/mol. The molecule has 0 radical (unpaired) electrons. The van der Waals surface area contributed by atoms with Crippen molar-refractivity contribution in [2.75, 3.05) is 0 Å². The number of nitrogens with zero attached hydrogens (tertiary/aromatic N) is 6. The average Bonchev–Trinajstić information content (AvgIpc) is 4.16. The fourth-order valence-corrected chi connectivity index (χ4v) is 10.6. The summed E-state index contributed by atoms with van der Waals surface area (Å²) in [5, 5.41) is 2.00. The first-order valence-corrected chi connectivity index (χ1v) is 26.1. The van der Waals surface area contributed by atoms with Crippen LogP contribution in [0.3, 0.4) is 0 Å². The molecule has 5 aromatic heterocycles. The maximum absolute atomic E-state index is 5.24. The maximum atomic E-state index is 5.24. The van der Waals surface area contributed by atoms with Gasteiger partial charge in [-0.05, 0) is 104 Å². The first kappa shape index (κ1) is 52.4. The molecule has 5 heterocycles. The Morgan fingerprint density at radius 3 is 1.27 bits per heavy atom. The number of pyridine rings is 3. The summed E-state index contributed by atoms with van der Waals surface area (Å²) in [6.45, 7) is 0. The number of hydrogen-bond acceptors (Lipinski definition) is 5. The van der Waals surface area contributed by atoms with Crippen molar-refractivity contribution >= 4 is 21.9 Å². The van der Waals surface area contributed by atoms with E-state index < -0.39 is 0 Å². The van der Waals surface area contributed by atoms with E-state index in [2.05, 4.69) is 195 Å².